The van der Waals surface area contributed by atoms with E-state index in [-0.39, 0.29) is 17.2 Å². The quantitative estimate of drug-likeness (QED) is 0.628. The van der Waals surface area contributed by atoms with Gasteiger partial charge in [0.2, 0.25) is 0 Å². The van der Waals surface area contributed by atoms with Crippen molar-refractivity contribution in [1.82, 2.24) is 4.98 Å². The summed E-state index contributed by atoms with van der Waals surface area (Å²) in [7, 11) is 0. The molecule has 0 atom stereocenters. The van der Waals surface area contributed by atoms with E-state index in [9.17, 15) is 4.79 Å². The van der Waals surface area contributed by atoms with Gasteiger partial charge in [0.25, 0.3) is 5.56 Å². The summed E-state index contributed by atoms with van der Waals surface area (Å²) in [6.45, 7) is -0.115. The summed E-state index contributed by atoms with van der Waals surface area (Å²) in [5, 5.41) is 8.68. The number of aliphatic hydroxyl groups excluding tert-OH is 1. The number of pyridine rings is 1. The molecule has 0 fully saturated rings. The van der Waals surface area contributed by atoms with Gasteiger partial charge in [0.05, 0.1) is 6.61 Å². The third-order valence-corrected chi connectivity index (χ3v) is 1.38. The van der Waals surface area contributed by atoms with Crippen LogP contribution in [-0.2, 0) is 6.61 Å². The minimum absolute atomic E-state index is 0.103. The molecule has 0 spiro atoms. The van der Waals surface area contributed by atoms with Crippen molar-refractivity contribution in [2.45, 2.75) is 6.61 Å². The molecule has 0 aliphatic heterocycles. The third-order valence-electron chi connectivity index (χ3n) is 1.10. The van der Waals surface area contributed by atoms with Crippen molar-refractivity contribution in [3.05, 3.63) is 33.2 Å². The topological polar surface area (TPSA) is 53.1 Å². The van der Waals surface area contributed by atoms with Gasteiger partial charge in [0.15, 0.2) is 0 Å². The van der Waals surface area contributed by atoms with Crippen molar-refractivity contribution in [3.63, 3.8) is 0 Å². The molecule has 1 rings (SSSR count). The molecule has 1 aromatic rings. The van der Waals surface area contributed by atoms with Crippen molar-refractivity contribution in [3.8, 4) is 0 Å². The van der Waals surface area contributed by atoms with Gasteiger partial charge in [-0.3, -0.25) is 4.79 Å². The Morgan fingerprint density at radius 3 is 2.90 bits per heavy atom. The molecule has 1 heterocycles. The lowest BCUT2D eigenvalue weighted by Crippen LogP contribution is -2.05. The first-order valence-electron chi connectivity index (χ1n) is 2.72. The Morgan fingerprint density at radius 1 is 1.70 bits per heavy atom. The second kappa shape index (κ2) is 2.86. The van der Waals surface area contributed by atoms with E-state index in [2.05, 4.69) is 4.98 Å². The Hall–Kier alpha value is -0.800. The molecule has 1 aromatic heterocycles. The van der Waals surface area contributed by atoms with Crippen molar-refractivity contribution in [1.29, 1.82) is 0 Å². The number of nitrogens with one attached hydrogen (secondary N) is 1. The number of aromatic amines is 1. The van der Waals surface area contributed by atoms with Crippen LogP contribution in [-0.4, -0.2) is 10.1 Å². The SMILES string of the molecule is O=c1[nH]cc(CO)cc1Cl. The van der Waals surface area contributed by atoms with Gasteiger partial charge in [0, 0.05) is 6.20 Å². The molecule has 3 nitrogen and oxygen atoms in total. The van der Waals surface area contributed by atoms with Gasteiger partial charge >= 0.3 is 0 Å². The highest BCUT2D eigenvalue weighted by molar-refractivity contribution is 6.30. The van der Waals surface area contributed by atoms with Crippen LogP contribution in [0.15, 0.2) is 17.1 Å². The number of rotatable bonds is 1. The van der Waals surface area contributed by atoms with Crippen LogP contribution in [0.1, 0.15) is 5.56 Å². The fraction of sp³-hybridized carbons (Fsp3) is 0.167. The van der Waals surface area contributed by atoms with Gasteiger partial charge in [-0.1, -0.05) is 11.6 Å². The van der Waals surface area contributed by atoms with Gasteiger partial charge in [0.1, 0.15) is 5.02 Å². The molecule has 0 aliphatic rings. The van der Waals surface area contributed by atoms with E-state index in [0.29, 0.717) is 5.56 Å². The second-order valence-corrected chi connectivity index (χ2v) is 2.25. The molecule has 2 N–H and O–H groups in total. The van der Waals surface area contributed by atoms with Gasteiger partial charge < -0.3 is 10.1 Å². The summed E-state index contributed by atoms with van der Waals surface area (Å²) in [6, 6.07) is 1.43. The molecule has 4 heteroatoms. The summed E-state index contributed by atoms with van der Waals surface area (Å²) >= 11 is 5.44. The molecule has 0 bridgehead atoms. The van der Waals surface area contributed by atoms with Gasteiger partial charge in [-0.05, 0) is 11.6 Å². The Labute approximate surface area is 62.3 Å². The third kappa shape index (κ3) is 1.37. The highest BCUT2D eigenvalue weighted by Gasteiger charge is 1.95. The largest absolute Gasteiger partial charge is 0.392 e. The van der Waals surface area contributed by atoms with E-state index >= 15 is 0 Å². The smallest absolute Gasteiger partial charge is 0.266 e. The first-order chi connectivity index (χ1) is 4.74. The van der Waals surface area contributed by atoms with Crippen molar-refractivity contribution < 1.29 is 5.11 Å². The molecule has 54 valence electrons. The first kappa shape index (κ1) is 7.31. The standard InChI is InChI=1S/C6H6ClNO2/c7-5-1-4(3-9)2-8-6(5)10/h1-2,9H,3H2,(H,8,10). The zero-order valence-corrected chi connectivity index (χ0v) is 5.85. The van der Waals surface area contributed by atoms with Crippen molar-refractivity contribution >= 4 is 11.6 Å². The summed E-state index contributed by atoms with van der Waals surface area (Å²) in [4.78, 5) is 13.0. The fourth-order valence-corrected chi connectivity index (χ4v) is 0.783. The van der Waals surface area contributed by atoms with E-state index in [4.69, 9.17) is 16.7 Å². The number of halogens is 1. The average Bonchev–Trinajstić information content (AvgIpc) is 1.95. The molecule has 0 aliphatic carbocycles. The zero-order chi connectivity index (χ0) is 7.56. The number of hydrogen-bond acceptors (Lipinski definition) is 2. The second-order valence-electron chi connectivity index (χ2n) is 1.84. The molecule has 0 saturated carbocycles. The van der Waals surface area contributed by atoms with Crippen LogP contribution in [0.2, 0.25) is 5.02 Å². The van der Waals surface area contributed by atoms with Gasteiger partial charge in [-0.2, -0.15) is 0 Å². The molecular weight excluding hydrogens is 154 g/mol. The van der Waals surface area contributed by atoms with Crippen LogP contribution < -0.4 is 5.56 Å². The van der Waals surface area contributed by atoms with Crippen LogP contribution >= 0.6 is 11.6 Å². The van der Waals surface area contributed by atoms with Crippen molar-refractivity contribution in [2.75, 3.05) is 0 Å². The Kier molecular flexibility index (Phi) is 2.09. The van der Waals surface area contributed by atoms with Crippen LogP contribution in [0.3, 0.4) is 0 Å². The average molecular weight is 160 g/mol. The highest BCUT2D eigenvalue weighted by atomic mass is 35.5. The molecule has 0 aromatic carbocycles. The maximum absolute atomic E-state index is 10.6. The van der Waals surface area contributed by atoms with Crippen LogP contribution in [0.4, 0.5) is 0 Å². The lowest BCUT2D eigenvalue weighted by molar-refractivity contribution is 0.281. The van der Waals surface area contributed by atoms with Crippen LogP contribution in [0.25, 0.3) is 0 Å². The molecule has 0 saturated heterocycles. The van der Waals surface area contributed by atoms with Crippen LogP contribution in [0, 0.1) is 0 Å². The van der Waals surface area contributed by atoms with Gasteiger partial charge in [-0.15, -0.1) is 0 Å². The Bertz CT molecular complexity index is 281. The zero-order valence-electron chi connectivity index (χ0n) is 5.10. The maximum atomic E-state index is 10.6. The van der Waals surface area contributed by atoms with Crippen LogP contribution in [0.5, 0.6) is 0 Å². The minimum atomic E-state index is -0.334. The van der Waals surface area contributed by atoms with E-state index in [0.717, 1.165) is 0 Å². The highest BCUT2D eigenvalue weighted by Crippen LogP contribution is 2.02. The monoisotopic (exact) mass is 159 g/mol. The number of aromatic nitrogens is 1. The predicted octanol–water partition coefficient (Wildman–Crippen LogP) is 0.521. The first-order valence-corrected chi connectivity index (χ1v) is 3.10. The van der Waals surface area contributed by atoms with Gasteiger partial charge in [-0.25, -0.2) is 0 Å². The summed E-state index contributed by atoms with van der Waals surface area (Å²) < 4.78 is 0. The molecule has 0 amide bonds. The molecule has 0 unspecified atom stereocenters. The van der Waals surface area contributed by atoms with E-state index in [1.165, 1.54) is 12.3 Å². The number of aliphatic hydroxyl groups is 1. The fourth-order valence-electron chi connectivity index (χ4n) is 0.588. The van der Waals surface area contributed by atoms with Crippen molar-refractivity contribution in [2.24, 2.45) is 0 Å². The lowest BCUT2D eigenvalue weighted by Gasteiger charge is -1.93. The molecule has 0 radical (unpaired) electrons. The van der Waals surface area contributed by atoms with E-state index < -0.39 is 0 Å². The maximum Gasteiger partial charge on any atom is 0.266 e. The molecular formula is C6H6ClNO2. The Balaban J connectivity index is 3.17. The Morgan fingerprint density at radius 2 is 2.40 bits per heavy atom. The predicted molar refractivity (Wildman–Crippen MR) is 38.0 cm³/mol. The minimum Gasteiger partial charge on any atom is -0.392 e. The summed E-state index contributed by atoms with van der Waals surface area (Å²) in [5.41, 5.74) is 0.267. The van der Waals surface area contributed by atoms with E-state index in [1.54, 1.807) is 0 Å². The summed E-state index contributed by atoms with van der Waals surface area (Å²) in [5.74, 6) is 0. The molecule has 10 heavy (non-hydrogen) atoms. The summed E-state index contributed by atoms with van der Waals surface area (Å²) in [6.07, 6.45) is 1.42. The lowest BCUT2D eigenvalue weighted by atomic mass is 10.3. The van der Waals surface area contributed by atoms with E-state index in [1.807, 2.05) is 0 Å². The number of H-pyrrole nitrogens is 1. The number of hydrogen-bond donors (Lipinski definition) is 2. The normalized spacial score (nSPS) is 9.80.